The molecule has 5 nitrogen and oxygen atoms in total. The summed E-state index contributed by atoms with van der Waals surface area (Å²) in [7, 11) is 0. The molecule has 1 rings (SSSR count). The van der Waals surface area contributed by atoms with E-state index in [0.29, 0.717) is 19.3 Å². The van der Waals surface area contributed by atoms with Gasteiger partial charge in [-0.1, -0.05) is 44.1 Å². The fourth-order valence-electron chi connectivity index (χ4n) is 3.40. The van der Waals surface area contributed by atoms with Crippen LogP contribution in [0.5, 0.6) is 0 Å². The highest BCUT2D eigenvalue weighted by Crippen LogP contribution is 2.33. The Kier molecular flexibility index (Phi) is 11.7. The van der Waals surface area contributed by atoms with Gasteiger partial charge in [-0.15, -0.1) is 0 Å². The van der Waals surface area contributed by atoms with Crippen molar-refractivity contribution < 1.29 is 25.2 Å². The number of ketones is 1. The molecule has 1 aliphatic rings. The van der Waals surface area contributed by atoms with E-state index in [1.165, 1.54) is 0 Å². The predicted molar refractivity (Wildman–Crippen MR) is 103 cm³/mol. The van der Waals surface area contributed by atoms with E-state index >= 15 is 0 Å². The molecular weight excluding hydrogens is 332 g/mol. The number of aliphatic hydroxyl groups excluding tert-OH is 4. The van der Waals surface area contributed by atoms with E-state index in [4.69, 9.17) is 5.11 Å². The number of unbranched alkanes of at least 4 members (excludes halogenated alkanes) is 2. The average Bonchev–Trinajstić information content (AvgIpc) is 2.89. The summed E-state index contributed by atoms with van der Waals surface area (Å²) in [5.41, 5.74) is 0. The third-order valence-electron chi connectivity index (χ3n) is 5.07. The molecule has 4 N–H and O–H groups in total. The van der Waals surface area contributed by atoms with Crippen LogP contribution in [0.4, 0.5) is 0 Å². The summed E-state index contributed by atoms with van der Waals surface area (Å²) in [6, 6.07) is 0. The minimum atomic E-state index is -0.655. The molecule has 5 heteroatoms. The van der Waals surface area contributed by atoms with E-state index in [0.717, 1.165) is 32.1 Å². The second kappa shape index (κ2) is 13.2. The Balaban J connectivity index is 2.42. The molecule has 1 aliphatic carbocycles. The maximum Gasteiger partial charge on any atom is 0.139 e. The Bertz CT molecular complexity index is 446. The standard InChI is InChI=1S/C21H36O5/c1-2-3-9-16(23)11-8-13-19-18(20(25)14-21(19)26)12-7-5-4-6-10-17(24)15-22/h5,7-8,13,16-19,21-24,26H,2-4,6,9-12,14-15H2,1H3/t16?,17?,18-,19-,21-/m1/s1. The highest BCUT2D eigenvalue weighted by atomic mass is 16.3. The van der Waals surface area contributed by atoms with Gasteiger partial charge in [-0.2, -0.15) is 0 Å². The number of hydrogen-bond donors (Lipinski definition) is 4. The summed E-state index contributed by atoms with van der Waals surface area (Å²) in [5.74, 6) is -0.283. The third-order valence-corrected chi connectivity index (χ3v) is 5.07. The zero-order valence-corrected chi connectivity index (χ0v) is 16.0. The minimum Gasteiger partial charge on any atom is -0.394 e. The van der Waals surface area contributed by atoms with Gasteiger partial charge in [0.05, 0.1) is 24.9 Å². The molecule has 2 unspecified atom stereocenters. The van der Waals surface area contributed by atoms with Crippen molar-refractivity contribution in [3.8, 4) is 0 Å². The zero-order chi connectivity index (χ0) is 19.4. The van der Waals surface area contributed by atoms with Gasteiger partial charge >= 0.3 is 0 Å². The number of hydrogen-bond acceptors (Lipinski definition) is 5. The quantitative estimate of drug-likeness (QED) is 0.296. The first-order valence-corrected chi connectivity index (χ1v) is 9.99. The molecule has 0 aromatic carbocycles. The smallest absolute Gasteiger partial charge is 0.139 e. The molecule has 1 fully saturated rings. The summed E-state index contributed by atoms with van der Waals surface area (Å²) >= 11 is 0. The summed E-state index contributed by atoms with van der Waals surface area (Å²) in [5, 5.41) is 38.1. The Morgan fingerprint density at radius 2 is 1.85 bits per heavy atom. The lowest BCUT2D eigenvalue weighted by Crippen LogP contribution is -2.18. The number of carbonyl (C=O) groups is 1. The fraction of sp³-hybridized carbons (Fsp3) is 0.762. The monoisotopic (exact) mass is 368 g/mol. The molecule has 26 heavy (non-hydrogen) atoms. The number of rotatable bonds is 13. The van der Waals surface area contributed by atoms with Gasteiger partial charge in [0, 0.05) is 18.3 Å². The highest BCUT2D eigenvalue weighted by Gasteiger charge is 2.38. The van der Waals surface area contributed by atoms with Crippen molar-refractivity contribution >= 4 is 5.78 Å². The van der Waals surface area contributed by atoms with E-state index in [1.54, 1.807) is 0 Å². The average molecular weight is 369 g/mol. The van der Waals surface area contributed by atoms with Crippen molar-refractivity contribution in [3.63, 3.8) is 0 Å². The lowest BCUT2D eigenvalue weighted by molar-refractivity contribution is -0.121. The van der Waals surface area contributed by atoms with Crippen molar-refractivity contribution in [2.45, 2.75) is 83.0 Å². The third kappa shape index (κ3) is 8.58. The van der Waals surface area contributed by atoms with Crippen LogP contribution < -0.4 is 0 Å². The Labute approximate surface area is 157 Å². The first-order chi connectivity index (χ1) is 12.5. The van der Waals surface area contributed by atoms with Crippen LogP contribution in [0, 0.1) is 11.8 Å². The van der Waals surface area contributed by atoms with Gasteiger partial charge in [0.15, 0.2) is 0 Å². The Morgan fingerprint density at radius 3 is 2.54 bits per heavy atom. The van der Waals surface area contributed by atoms with Crippen molar-refractivity contribution in [2.24, 2.45) is 11.8 Å². The van der Waals surface area contributed by atoms with Gasteiger partial charge in [0.25, 0.3) is 0 Å². The van der Waals surface area contributed by atoms with Gasteiger partial charge in [0.2, 0.25) is 0 Å². The van der Waals surface area contributed by atoms with Crippen molar-refractivity contribution in [3.05, 3.63) is 24.3 Å². The van der Waals surface area contributed by atoms with Crippen LogP contribution in [-0.4, -0.2) is 51.1 Å². The van der Waals surface area contributed by atoms with E-state index < -0.39 is 12.2 Å². The zero-order valence-electron chi connectivity index (χ0n) is 16.0. The number of carbonyl (C=O) groups excluding carboxylic acids is 1. The number of aliphatic hydroxyl groups is 4. The molecule has 0 spiro atoms. The summed E-state index contributed by atoms with van der Waals surface area (Å²) in [4.78, 5) is 12.1. The number of Topliss-reactive ketones (excluding diaryl/α,β-unsaturated/α-hetero) is 1. The first kappa shape index (κ1) is 23.0. The second-order valence-electron chi connectivity index (χ2n) is 7.36. The van der Waals surface area contributed by atoms with Crippen LogP contribution in [0.25, 0.3) is 0 Å². The molecule has 0 bridgehead atoms. The van der Waals surface area contributed by atoms with Crippen LogP contribution in [0.1, 0.15) is 64.7 Å². The Morgan fingerprint density at radius 1 is 1.12 bits per heavy atom. The van der Waals surface area contributed by atoms with Crippen LogP contribution >= 0.6 is 0 Å². The molecule has 0 saturated heterocycles. The van der Waals surface area contributed by atoms with Crippen molar-refractivity contribution in [2.75, 3.05) is 6.61 Å². The van der Waals surface area contributed by atoms with E-state index in [9.17, 15) is 20.1 Å². The van der Waals surface area contributed by atoms with E-state index in [2.05, 4.69) is 6.92 Å². The molecule has 150 valence electrons. The SMILES string of the molecule is CCCCC(O)CC=C[C@H]1[C@H](O)CC(=O)[C@@H]1CC=CCCCC(O)CO. The van der Waals surface area contributed by atoms with Crippen LogP contribution in [0.3, 0.4) is 0 Å². The first-order valence-electron chi connectivity index (χ1n) is 9.99. The van der Waals surface area contributed by atoms with Gasteiger partial charge in [-0.3, -0.25) is 4.79 Å². The highest BCUT2D eigenvalue weighted by molar-refractivity contribution is 5.84. The molecule has 1 saturated carbocycles. The van der Waals surface area contributed by atoms with E-state index in [1.807, 2.05) is 24.3 Å². The van der Waals surface area contributed by atoms with Crippen LogP contribution in [0.2, 0.25) is 0 Å². The molecule has 5 atom stereocenters. The maximum atomic E-state index is 12.1. The predicted octanol–water partition coefficient (Wildman–Crippen LogP) is 2.52. The summed E-state index contributed by atoms with van der Waals surface area (Å²) < 4.78 is 0. The normalized spacial score (nSPS) is 26.2. The van der Waals surface area contributed by atoms with Crippen molar-refractivity contribution in [1.82, 2.24) is 0 Å². The lowest BCUT2D eigenvalue weighted by atomic mass is 9.90. The van der Waals surface area contributed by atoms with Crippen molar-refractivity contribution in [1.29, 1.82) is 0 Å². The Hall–Kier alpha value is -1.01. The summed E-state index contributed by atoms with van der Waals surface area (Å²) in [6.07, 6.45) is 12.5. The molecule has 0 aromatic heterocycles. The molecule has 0 amide bonds. The lowest BCUT2D eigenvalue weighted by Gasteiger charge is -2.16. The van der Waals surface area contributed by atoms with Crippen LogP contribution in [-0.2, 0) is 4.79 Å². The topological polar surface area (TPSA) is 98.0 Å². The van der Waals surface area contributed by atoms with Gasteiger partial charge < -0.3 is 20.4 Å². The number of allylic oxidation sites excluding steroid dienone is 2. The maximum absolute atomic E-state index is 12.1. The van der Waals surface area contributed by atoms with E-state index in [-0.39, 0.29) is 36.8 Å². The summed E-state index contributed by atoms with van der Waals surface area (Å²) in [6.45, 7) is 1.88. The molecular formula is C21H36O5. The van der Waals surface area contributed by atoms with Gasteiger partial charge in [0.1, 0.15) is 5.78 Å². The molecule has 0 heterocycles. The van der Waals surface area contributed by atoms with Crippen LogP contribution in [0.15, 0.2) is 24.3 Å². The largest absolute Gasteiger partial charge is 0.394 e. The van der Waals surface area contributed by atoms with Gasteiger partial charge in [-0.05, 0) is 38.5 Å². The fourth-order valence-corrected chi connectivity index (χ4v) is 3.40. The minimum absolute atomic E-state index is 0.0963. The molecule has 0 aromatic rings. The molecule has 0 radical (unpaired) electrons. The molecule has 0 aliphatic heterocycles. The van der Waals surface area contributed by atoms with Gasteiger partial charge in [-0.25, -0.2) is 0 Å². The second-order valence-corrected chi connectivity index (χ2v) is 7.36.